The zero-order valence-electron chi connectivity index (χ0n) is 16.1. The molecule has 0 atom stereocenters. The third-order valence-electron chi connectivity index (χ3n) is 4.56. The van der Waals surface area contributed by atoms with Crippen LogP contribution in [0, 0.1) is 18.3 Å². The average Bonchev–Trinajstić information content (AvgIpc) is 2.90. The lowest BCUT2D eigenvalue weighted by molar-refractivity contribution is 0.102. The van der Waals surface area contributed by atoms with E-state index in [4.69, 9.17) is 5.26 Å². The lowest BCUT2D eigenvalue weighted by Crippen LogP contribution is -2.31. The second-order valence-corrected chi connectivity index (χ2v) is 10.8. The van der Waals surface area contributed by atoms with Crippen LogP contribution in [-0.4, -0.2) is 42.5 Å². The summed E-state index contributed by atoms with van der Waals surface area (Å²) in [6, 6.07) is 8.07. The van der Waals surface area contributed by atoms with Crippen LogP contribution in [0.15, 0.2) is 33.4 Å². The first-order valence-electron chi connectivity index (χ1n) is 9.30. The number of thiazole rings is 1. The van der Waals surface area contributed by atoms with Gasteiger partial charge in [0.25, 0.3) is 5.91 Å². The van der Waals surface area contributed by atoms with E-state index in [9.17, 15) is 13.2 Å². The number of aromatic nitrogens is 1. The molecule has 0 saturated carbocycles. The highest BCUT2D eigenvalue weighted by Gasteiger charge is 2.25. The molecule has 0 radical (unpaired) electrons. The Hall–Kier alpha value is -1.93. The van der Waals surface area contributed by atoms with Crippen molar-refractivity contribution in [1.29, 1.82) is 5.26 Å². The number of aryl methyl sites for hydroxylation is 1. The minimum Gasteiger partial charge on any atom is -0.298 e. The molecule has 0 unspecified atom stereocenters. The summed E-state index contributed by atoms with van der Waals surface area (Å²) < 4.78 is 28.1. The Balaban J connectivity index is 1.69. The van der Waals surface area contributed by atoms with Gasteiger partial charge in [0.2, 0.25) is 10.0 Å². The van der Waals surface area contributed by atoms with Crippen LogP contribution >= 0.6 is 23.1 Å². The predicted octanol–water partition coefficient (Wildman–Crippen LogP) is 3.88. The number of anilines is 1. The fourth-order valence-corrected chi connectivity index (χ4v) is 6.36. The van der Waals surface area contributed by atoms with Crippen molar-refractivity contribution in [3.63, 3.8) is 0 Å². The van der Waals surface area contributed by atoms with Gasteiger partial charge in [-0.1, -0.05) is 35.9 Å². The van der Waals surface area contributed by atoms with E-state index >= 15 is 0 Å². The van der Waals surface area contributed by atoms with Gasteiger partial charge in [-0.25, -0.2) is 13.4 Å². The zero-order valence-corrected chi connectivity index (χ0v) is 18.5. The molecule has 1 amide bonds. The van der Waals surface area contributed by atoms with Gasteiger partial charge in [-0.2, -0.15) is 9.57 Å². The van der Waals surface area contributed by atoms with Crippen molar-refractivity contribution in [2.45, 2.75) is 41.7 Å². The zero-order chi connectivity index (χ0) is 20.9. The van der Waals surface area contributed by atoms with Gasteiger partial charge < -0.3 is 0 Å². The Morgan fingerprint density at radius 1 is 1.24 bits per heavy atom. The molecular weight excluding hydrogens is 428 g/mol. The van der Waals surface area contributed by atoms with E-state index in [0.29, 0.717) is 29.5 Å². The van der Waals surface area contributed by atoms with Crippen LogP contribution in [0.1, 0.15) is 41.7 Å². The van der Waals surface area contributed by atoms with Crippen molar-refractivity contribution in [2.24, 2.45) is 0 Å². The molecule has 1 aliphatic heterocycles. The molecule has 2 heterocycles. The summed E-state index contributed by atoms with van der Waals surface area (Å²) in [5.41, 5.74) is 1.13. The Morgan fingerprint density at radius 3 is 2.52 bits per heavy atom. The standard InChI is InChI=1S/C19H22N4O3S3/c1-14-18(27-13-10-20)28-19(21-14)22-17(24)15-6-8-16(9-7-15)29(25,26)23-11-4-2-3-5-12-23/h6-9H,2-5,11-13H2,1H3,(H,21,22,24). The maximum Gasteiger partial charge on any atom is 0.257 e. The summed E-state index contributed by atoms with van der Waals surface area (Å²) in [6.07, 6.45) is 3.86. The van der Waals surface area contributed by atoms with Crippen molar-refractivity contribution in [3.8, 4) is 6.07 Å². The molecule has 154 valence electrons. The van der Waals surface area contributed by atoms with Gasteiger partial charge in [0, 0.05) is 18.7 Å². The van der Waals surface area contributed by atoms with Crippen molar-refractivity contribution >= 4 is 44.2 Å². The molecule has 1 aliphatic rings. The molecule has 1 aromatic carbocycles. The molecule has 0 bridgehead atoms. The molecule has 10 heteroatoms. The van der Waals surface area contributed by atoms with Gasteiger partial charge in [0.15, 0.2) is 5.13 Å². The molecule has 2 aromatic rings. The third-order valence-corrected chi connectivity index (χ3v) is 8.78. The van der Waals surface area contributed by atoms with Crippen molar-refractivity contribution < 1.29 is 13.2 Å². The van der Waals surface area contributed by atoms with Gasteiger partial charge in [0.05, 0.1) is 26.6 Å². The number of carbonyl (C=O) groups is 1. The number of thioether (sulfide) groups is 1. The quantitative estimate of drug-likeness (QED) is 0.670. The van der Waals surface area contributed by atoms with E-state index in [1.54, 1.807) is 0 Å². The molecule has 7 nitrogen and oxygen atoms in total. The fourth-order valence-electron chi connectivity index (χ4n) is 3.05. The van der Waals surface area contributed by atoms with Gasteiger partial charge >= 0.3 is 0 Å². The number of amides is 1. The maximum atomic E-state index is 12.8. The first-order chi connectivity index (χ1) is 13.9. The number of rotatable bonds is 6. The van der Waals surface area contributed by atoms with Crippen LogP contribution in [0.25, 0.3) is 0 Å². The summed E-state index contributed by atoms with van der Waals surface area (Å²) >= 11 is 2.70. The first kappa shape index (κ1) is 21.8. The smallest absolute Gasteiger partial charge is 0.257 e. The molecule has 1 aromatic heterocycles. The van der Waals surface area contributed by atoms with Gasteiger partial charge in [-0.05, 0) is 44.0 Å². The molecule has 1 fully saturated rings. The average molecular weight is 451 g/mol. The fraction of sp³-hybridized carbons (Fsp3) is 0.421. The number of nitriles is 1. The first-order valence-corrected chi connectivity index (χ1v) is 12.5. The molecule has 29 heavy (non-hydrogen) atoms. The van der Waals surface area contributed by atoms with E-state index in [2.05, 4.69) is 16.4 Å². The highest BCUT2D eigenvalue weighted by molar-refractivity contribution is 8.01. The van der Waals surface area contributed by atoms with Gasteiger partial charge in [-0.3, -0.25) is 10.1 Å². The Morgan fingerprint density at radius 2 is 1.90 bits per heavy atom. The number of hydrogen-bond acceptors (Lipinski definition) is 7. The minimum atomic E-state index is -3.54. The Labute approximate surface area is 179 Å². The normalized spacial score (nSPS) is 15.4. The van der Waals surface area contributed by atoms with Crippen molar-refractivity contribution in [2.75, 3.05) is 24.2 Å². The SMILES string of the molecule is Cc1nc(NC(=O)c2ccc(S(=O)(=O)N3CCCCCC3)cc2)sc1SCC#N. The summed E-state index contributed by atoms with van der Waals surface area (Å²) in [6.45, 7) is 2.91. The van der Waals surface area contributed by atoms with Gasteiger partial charge in [0.1, 0.15) is 0 Å². The number of nitrogens with one attached hydrogen (secondary N) is 1. The lowest BCUT2D eigenvalue weighted by Gasteiger charge is -2.20. The highest BCUT2D eigenvalue weighted by atomic mass is 32.2. The lowest BCUT2D eigenvalue weighted by atomic mass is 10.2. The van der Waals surface area contributed by atoms with Gasteiger partial charge in [-0.15, -0.1) is 0 Å². The van der Waals surface area contributed by atoms with Crippen molar-refractivity contribution in [1.82, 2.24) is 9.29 Å². The van der Waals surface area contributed by atoms with E-state index in [-0.39, 0.29) is 10.8 Å². The summed E-state index contributed by atoms with van der Waals surface area (Å²) in [5.74, 6) is -0.0297. The molecule has 1 N–H and O–H groups in total. The number of sulfonamides is 1. The van der Waals surface area contributed by atoms with Crippen LogP contribution in [0.2, 0.25) is 0 Å². The molecule has 0 spiro atoms. The van der Waals surface area contributed by atoms with E-state index < -0.39 is 10.0 Å². The number of nitrogens with zero attached hydrogens (tertiary/aromatic N) is 3. The monoisotopic (exact) mass is 450 g/mol. The molecule has 1 saturated heterocycles. The van der Waals surface area contributed by atoms with E-state index in [0.717, 1.165) is 35.6 Å². The van der Waals surface area contributed by atoms with Crippen molar-refractivity contribution in [3.05, 3.63) is 35.5 Å². The molecule has 0 aliphatic carbocycles. The molecule has 3 rings (SSSR count). The summed E-state index contributed by atoms with van der Waals surface area (Å²) in [7, 11) is -3.54. The maximum absolute atomic E-state index is 12.8. The van der Waals surface area contributed by atoms with Crippen LogP contribution < -0.4 is 5.32 Å². The summed E-state index contributed by atoms with van der Waals surface area (Å²) in [5, 5.41) is 11.9. The second-order valence-electron chi connectivity index (χ2n) is 6.64. The molecular formula is C19H22N4O3S3. The Bertz CT molecular complexity index is 1000. The van der Waals surface area contributed by atoms with Crippen LogP contribution in [0.5, 0.6) is 0 Å². The second kappa shape index (κ2) is 9.71. The predicted molar refractivity (Wildman–Crippen MR) is 115 cm³/mol. The third kappa shape index (κ3) is 5.36. The largest absolute Gasteiger partial charge is 0.298 e. The topological polar surface area (TPSA) is 103 Å². The highest BCUT2D eigenvalue weighted by Crippen LogP contribution is 2.32. The number of benzene rings is 1. The Kier molecular flexibility index (Phi) is 7.29. The van der Waals surface area contributed by atoms with Crippen LogP contribution in [-0.2, 0) is 10.0 Å². The number of carbonyl (C=O) groups excluding carboxylic acids is 1. The minimum absolute atomic E-state index is 0.205. The summed E-state index contributed by atoms with van der Waals surface area (Å²) in [4.78, 5) is 17.0. The van der Waals surface area contributed by atoms with E-state index in [1.807, 2.05) is 6.92 Å². The van der Waals surface area contributed by atoms with Crippen LogP contribution in [0.4, 0.5) is 5.13 Å². The van der Waals surface area contributed by atoms with Crippen LogP contribution in [0.3, 0.4) is 0 Å². The number of hydrogen-bond donors (Lipinski definition) is 1. The van der Waals surface area contributed by atoms with E-state index in [1.165, 1.54) is 51.7 Å².